The number of halogens is 1. The van der Waals surface area contributed by atoms with Gasteiger partial charge in [-0.25, -0.2) is 4.79 Å². The molecule has 1 aliphatic heterocycles. The van der Waals surface area contributed by atoms with Crippen LogP contribution in [-0.2, 0) is 11.3 Å². The Hall–Kier alpha value is -3.30. The molecule has 0 atom stereocenters. The fourth-order valence-corrected chi connectivity index (χ4v) is 4.76. The first-order valence-corrected chi connectivity index (χ1v) is 12.4. The number of esters is 1. The van der Waals surface area contributed by atoms with E-state index in [-0.39, 0.29) is 29.4 Å². The Morgan fingerprint density at radius 1 is 1.14 bits per heavy atom. The standard InChI is InChI=1S/C26H31ClN4O5/c1-4-35-26(34)22-23(29-12-14-30(15-13-29)24(32)21-7-5-16-36-21)19-17-18(27)8-9-20(19)31(25(22)33)11-6-10-28(2)3/h5,7-9,16-17H,4,6,10-15H2,1-3H3. The topological polar surface area (TPSA) is 88.2 Å². The number of ether oxygens (including phenoxy) is 1. The van der Waals surface area contributed by atoms with Crippen LogP contribution in [0.15, 0.2) is 45.8 Å². The molecule has 192 valence electrons. The van der Waals surface area contributed by atoms with Crippen molar-refractivity contribution in [1.82, 2.24) is 14.4 Å². The third-order valence-corrected chi connectivity index (χ3v) is 6.52. The number of aromatic nitrogens is 1. The van der Waals surface area contributed by atoms with Crippen LogP contribution in [0, 0.1) is 0 Å². The highest BCUT2D eigenvalue weighted by atomic mass is 35.5. The normalized spacial score (nSPS) is 14.0. The summed E-state index contributed by atoms with van der Waals surface area (Å²) in [6.45, 7) is 4.80. The van der Waals surface area contributed by atoms with Crippen LogP contribution in [0.2, 0.25) is 5.02 Å². The molecule has 0 saturated carbocycles. The van der Waals surface area contributed by atoms with Gasteiger partial charge >= 0.3 is 5.97 Å². The molecule has 1 aromatic carbocycles. The molecule has 4 rings (SSSR count). The summed E-state index contributed by atoms with van der Waals surface area (Å²) in [7, 11) is 3.95. The summed E-state index contributed by atoms with van der Waals surface area (Å²) >= 11 is 6.39. The van der Waals surface area contributed by atoms with Crippen molar-refractivity contribution in [2.75, 3.05) is 58.3 Å². The number of pyridine rings is 1. The van der Waals surface area contributed by atoms with Crippen LogP contribution in [0.3, 0.4) is 0 Å². The minimum absolute atomic E-state index is 0.00211. The van der Waals surface area contributed by atoms with Gasteiger partial charge < -0.3 is 28.4 Å². The molecule has 3 heterocycles. The number of rotatable bonds is 8. The van der Waals surface area contributed by atoms with E-state index in [1.165, 1.54) is 6.26 Å². The molecule has 1 amide bonds. The number of carbonyl (C=O) groups is 2. The van der Waals surface area contributed by atoms with Crippen LogP contribution in [0.25, 0.3) is 10.9 Å². The minimum Gasteiger partial charge on any atom is -0.462 e. The van der Waals surface area contributed by atoms with E-state index in [2.05, 4.69) is 0 Å². The molecule has 0 bridgehead atoms. The highest BCUT2D eigenvalue weighted by Crippen LogP contribution is 2.32. The van der Waals surface area contributed by atoms with Gasteiger partial charge in [0.25, 0.3) is 11.5 Å². The molecule has 1 saturated heterocycles. The molecule has 10 heteroatoms. The van der Waals surface area contributed by atoms with Gasteiger partial charge in [0.1, 0.15) is 5.56 Å². The molecular weight excluding hydrogens is 484 g/mol. The second kappa shape index (κ2) is 11.2. The van der Waals surface area contributed by atoms with E-state index in [0.717, 1.165) is 13.0 Å². The summed E-state index contributed by atoms with van der Waals surface area (Å²) in [5.41, 5.74) is 0.832. The summed E-state index contributed by atoms with van der Waals surface area (Å²) in [4.78, 5) is 45.4. The molecule has 1 fully saturated rings. The Kier molecular flexibility index (Phi) is 8.01. The van der Waals surface area contributed by atoms with Crippen LogP contribution in [-0.4, -0.2) is 79.7 Å². The van der Waals surface area contributed by atoms with Gasteiger partial charge in [0.05, 0.1) is 24.1 Å². The van der Waals surface area contributed by atoms with Gasteiger partial charge in [-0.15, -0.1) is 0 Å². The Morgan fingerprint density at radius 3 is 2.53 bits per heavy atom. The number of nitrogens with zero attached hydrogens (tertiary/aromatic N) is 4. The van der Waals surface area contributed by atoms with Gasteiger partial charge in [0, 0.05) is 43.1 Å². The van der Waals surface area contributed by atoms with Crippen molar-refractivity contribution in [1.29, 1.82) is 0 Å². The average Bonchev–Trinajstić information content (AvgIpc) is 3.39. The maximum atomic E-state index is 13.8. The van der Waals surface area contributed by atoms with Gasteiger partial charge in [-0.05, 0) is 64.3 Å². The Balaban J connectivity index is 1.76. The third-order valence-electron chi connectivity index (χ3n) is 6.28. The Labute approximate surface area is 214 Å². The first kappa shape index (κ1) is 25.8. The number of anilines is 1. The molecule has 1 aliphatic rings. The molecule has 0 unspecified atom stereocenters. The molecule has 2 aromatic heterocycles. The lowest BCUT2D eigenvalue weighted by Gasteiger charge is -2.37. The van der Waals surface area contributed by atoms with Crippen LogP contribution in [0.4, 0.5) is 5.69 Å². The number of amides is 1. The molecule has 9 nitrogen and oxygen atoms in total. The zero-order valence-corrected chi connectivity index (χ0v) is 21.6. The first-order valence-electron chi connectivity index (χ1n) is 12.1. The number of fused-ring (bicyclic) bond motifs is 1. The predicted octanol–water partition coefficient (Wildman–Crippen LogP) is 3.34. The lowest BCUT2D eigenvalue weighted by atomic mass is 10.1. The second-order valence-electron chi connectivity index (χ2n) is 8.98. The summed E-state index contributed by atoms with van der Waals surface area (Å²) in [6.07, 6.45) is 2.21. The quantitative estimate of drug-likeness (QED) is 0.426. The average molecular weight is 515 g/mol. The molecule has 36 heavy (non-hydrogen) atoms. The van der Waals surface area contributed by atoms with Gasteiger partial charge in [-0.2, -0.15) is 0 Å². The van der Waals surface area contributed by atoms with Crippen LogP contribution >= 0.6 is 11.6 Å². The van der Waals surface area contributed by atoms with Gasteiger partial charge in [-0.1, -0.05) is 11.6 Å². The monoisotopic (exact) mass is 514 g/mol. The smallest absolute Gasteiger partial charge is 0.345 e. The second-order valence-corrected chi connectivity index (χ2v) is 9.41. The summed E-state index contributed by atoms with van der Waals surface area (Å²) in [5, 5.41) is 1.21. The summed E-state index contributed by atoms with van der Waals surface area (Å²) < 4.78 is 12.2. The van der Waals surface area contributed by atoms with Crippen molar-refractivity contribution in [3.63, 3.8) is 0 Å². The number of hydrogen-bond donors (Lipinski definition) is 0. The highest BCUT2D eigenvalue weighted by Gasteiger charge is 2.31. The first-order chi connectivity index (χ1) is 17.3. The summed E-state index contributed by atoms with van der Waals surface area (Å²) in [6, 6.07) is 8.68. The maximum absolute atomic E-state index is 13.8. The predicted molar refractivity (Wildman–Crippen MR) is 139 cm³/mol. The van der Waals surface area contributed by atoms with E-state index in [4.69, 9.17) is 20.8 Å². The number of benzene rings is 1. The molecule has 0 N–H and O–H groups in total. The van der Waals surface area contributed by atoms with Crippen molar-refractivity contribution < 1.29 is 18.7 Å². The maximum Gasteiger partial charge on any atom is 0.345 e. The Morgan fingerprint density at radius 2 is 1.89 bits per heavy atom. The zero-order chi connectivity index (χ0) is 25.8. The van der Waals surface area contributed by atoms with E-state index in [0.29, 0.717) is 54.3 Å². The van der Waals surface area contributed by atoms with E-state index in [9.17, 15) is 14.4 Å². The largest absolute Gasteiger partial charge is 0.462 e. The van der Waals surface area contributed by atoms with Crippen molar-refractivity contribution in [3.05, 3.63) is 63.3 Å². The highest BCUT2D eigenvalue weighted by molar-refractivity contribution is 6.31. The van der Waals surface area contributed by atoms with Crippen LogP contribution in [0.5, 0.6) is 0 Å². The van der Waals surface area contributed by atoms with Gasteiger partial charge in [0.15, 0.2) is 5.76 Å². The van der Waals surface area contributed by atoms with Crippen LogP contribution in [0.1, 0.15) is 34.3 Å². The van der Waals surface area contributed by atoms with Crippen molar-refractivity contribution in [3.8, 4) is 0 Å². The lowest BCUT2D eigenvalue weighted by Crippen LogP contribution is -2.49. The lowest BCUT2D eigenvalue weighted by molar-refractivity contribution is 0.0523. The van der Waals surface area contributed by atoms with Gasteiger partial charge in [0.2, 0.25) is 0 Å². The minimum atomic E-state index is -0.658. The van der Waals surface area contributed by atoms with Gasteiger partial charge in [-0.3, -0.25) is 9.59 Å². The zero-order valence-electron chi connectivity index (χ0n) is 20.8. The van der Waals surface area contributed by atoms with E-state index in [1.807, 2.05) is 30.0 Å². The third kappa shape index (κ3) is 5.27. The molecule has 0 radical (unpaired) electrons. The van der Waals surface area contributed by atoms with E-state index >= 15 is 0 Å². The molecular formula is C26H31ClN4O5. The number of carbonyl (C=O) groups excluding carboxylic acids is 2. The van der Waals surface area contributed by atoms with E-state index < -0.39 is 5.97 Å². The fraction of sp³-hybridized carbons (Fsp3) is 0.423. The SMILES string of the molecule is CCOC(=O)c1c(N2CCN(C(=O)c3ccco3)CC2)c2cc(Cl)ccc2n(CCCN(C)C)c1=O. The van der Waals surface area contributed by atoms with E-state index in [1.54, 1.807) is 40.7 Å². The number of furan rings is 1. The van der Waals surface area contributed by atoms with Crippen molar-refractivity contribution in [2.45, 2.75) is 19.9 Å². The summed E-state index contributed by atoms with van der Waals surface area (Å²) in [5.74, 6) is -0.558. The number of piperazine rings is 1. The number of hydrogen-bond acceptors (Lipinski definition) is 7. The molecule has 0 spiro atoms. The molecule has 3 aromatic rings. The van der Waals surface area contributed by atoms with Crippen molar-refractivity contribution in [2.24, 2.45) is 0 Å². The number of aryl methyl sites for hydroxylation is 1. The van der Waals surface area contributed by atoms with Crippen LogP contribution < -0.4 is 10.5 Å². The Bertz CT molecular complexity index is 1290. The molecule has 0 aliphatic carbocycles. The fourth-order valence-electron chi connectivity index (χ4n) is 4.59. The van der Waals surface area contributed by atoms with Crippen molar-refractivity contribution >= 4 is 40.1 Å².